The standard InChI is InChI=1S/C7H8N4S2/c1-5(6-8-2-3-12-6)11-7-9-4-10-13-7/h2-5H,1H3,(H,9,10,11). The molecular formula is C7H8N4S2. The minimum Gasteiger partial charge on any atom is -0.351 e. The van der Waals surface area contributed by atoms with Crippen LogP contribution in [0.4, 0.5) is 5.13 Å². The summed E-state index contributed by atoms with van der Waals surface area (Å²) in [6.45, 7) is 2.06. The quantitative estimate of drug-likeness (QED) is 0.847. The third kappa shape index (κ3) is 2.02. The molecule has 0 radical (unpaired) electrons. The van der Waals surface area contributed by atoms with Gasteiger partial charge in [0.1, 0.15) is 11.3 Å². The molecule has 0 spiro atoms. The van der Waals surface area contributed by atoms with Crippen LogP contribution in [0.5, 0.6) is 0 Å². The third-order valence-corrected chi connectivity index (χ3v) is 3.08. The number of hydrogen-bond acceptors (Lipinski definition) is 6. The van der Waals surface area contributed by atoms with E-state index in [2.05, 4.69) is 26.6 Å². The molecule has 1 atom stereocenters. The summed E-state index contributed by atoms with van der Waals surface area (Å²) < 4.78 is 3.91. The Hall–Kier alpha value is -1.01. The van der Waals surface area contributed by atoms with E-state index in [-0.39, 0.29) is 6.04 Å². The average Bonchev–Trinajstić information content (AvgIpc) is 2.74. The van der Waals surface area contributed by atoms with E-state index in [4.69, 9.17) is 0 Å². The maximum atomic E-state index is 4.21. The van der Waals surface area contributed by atoms with Gasteiger partial charge in [0.25, 0.3) is 0 Å². The molecular weight excluding hydrogens is 204 g/mol. The number of anilines is 1. The number of hydrogen-bond donors (Lipinski definition) is 1. The first-order chi connectivity index (χ1) is 6.36. The smallest absolute Gasteiger partial charge is 0.202 e. The second kappa shape index (κ2) is 3.80. The molecule has 0 saturated carbocycles. The third-order valence-electron chi connectivity index (χ3n) is 1.52. The highest BCUT2D eigenvalue weighted by atomic mass is 32.1. The van der Waals surface area contributed by atoms with Crippen molar-refractivity contribution in [1.29, 1.82) is 0 Å². The van der Waals surface area contributed by atoms with Crippen molar-refractivity contribution in [3.8, 4) is 0 Å². The Morgan fingerprint density at radius 3 is 3.00 bits per heavy atom. The number of nitrogens with one attached hydrogen (secondary N) is 1. The lowest BCUT2D eigenvalue weighted by molar-refractivity contribution is 0.867. The summed E-state index contributed by atoms with van der Waals surface area (Å²) in [5.41, 5.74) is 0. The van der Waals surface area contributed by atoms with Gasteiger partial charge in [-0.1, -0.05) is 0 Å². The lowest BCUT2D eigenvalue weighted by Crippen LogP contribution is -2.05. The van der Waals surface area contributed by atoms with E-state index in [1.165, 1.54) is 11.5 Å². The van der Waals surface area contributed by atoms with Gasteiger partial charge < -0.3 is 5.32 Å². The number of rotatable bonds is 3. The minimum absolute atomic E-state index is 0.202. The molecule has 4 nitrogen and oxygen atoms in total. The van der Waals surface area contributed by atoms with Gasteiger partial charge >= 0.3 is 0 Å². The number of aromatic nitrogens is 3. The fraction of sp³-hybridized carbons (Fsp3) is 0.286. The van der Waals surface area contributed by atoms with Crippen molar-refractivity contribution in [3.05, 3.63) is 22.9 Å². The Morgan fingerprint density at radius 2 is 2.38 bits per heavy atom. The van der Waals surface area contributed by atoms with Crippen molar-refractivity contribution in [2.24, 2.45) is 0 Å². The molecule has 2 aromatic heterocycles. The molecule has 0 fully saturated rings. The molecule has 0 amide bonds. The molecule has 0 aliphatic rings. The van der Waals surface area contributed by atoms with Crippen LogP contribution in [0.1, 0.15) is 18.0 Å². The Morgan fingerprint density at radius 1 is 1.46 bits per heavy atom. The number of nitrogens with zero attached hydrogens (tertiary/aromatic N) is 3. The summed E-state index contributed by atoms with van der Waals surface area (Å²) in [5, 5.41) is 7.08. The van der Waals surface area contributed by atoms with Crippen LogP contribution in [0.2, 0.25) is 0 Å². The molecule has 0 aromatic carbocycles. The van der Waals surface area contributed by atoms with E-state index in [9.17, 15) is 0 Å². The topological polar surface area (TPSA) is 50.7 Å². The lowest BCUT2D eigenvalue weighted by atomic mass is 10.4. The fourth-order valence-corrected chi connectivity index (χ4v) is 2.10. The van der Waals surface area contributed by atoms with E-state index in [0.29, 0.717) is 0 Å². The van der Waals surface area contributed by atoms with E-state index >= 15 is 0 Å². The van der Waals surface area contributed by atoms with Crippen LogP contribution in [0.15, 0.2) is 17.9 Å². The van der Waals surface area contributed by atoms with Crippen LogP contribution >= 0.6 is 22.9 Å². The van der Waals surface area contributed by atoms with Crippen LogP contribution in [0.3, 0.4) is 0 Å². The van der Waals surface area contributed by atoms with Gasteiger partial charge in [-0.2, -0.15) is 4.37 Å². The maximum absolute atomic E-state index is 4.21. The van der Waals surface area contributed by atoms with Gasteiger partial charge in [0.15, 0.2) is 0 Å². The highest BCUT2D eigenvalue weighted by Gasteiger charge is 2.08. The summed E-state index contributed by atoms with van der Waals surface area (Å²) in [5.74, 6) is 0. The molecule has 13 heavy (non-hydrogen) atoms. The van der Waals surface area contributed by atoms with Crippen LogP contribution in [0, 0.1) is 0 Å². The maximum Gasteiger partial charge on any atom is 0.202 e. The summed E-state index contributed by atoms with van der Waals surface area (Å²) in [4.78, 5) is 8.25. The van der Waals surface area contributed by atoms with Gasteiger partial charge in [-0.3, -0.25) is 0 Å². The molecule has 2 aromatic rings. The first kappa shape index (κ1) is 8.58. The summed E-state index contributed by atoms with van der Waals surface area (Å²) in [6.07, 6.45) is 3.35. The molecule has 1 unspecified atom stereocenters. The van der Waals surface area contributed by atoms with Crippen molar-refractivity contribution >= 4 is 28.0 Å². The average molecular weight is 212 g/mol. The minimum atomic E-state index is 0.202. The van der Waals surface area contributed by atoms with E-state index in [1.807, 2.05) is 5.38 Å². The van der Waals surface area contributed by atoms with Crippen molar-refractivity contribution in [1.82, 2.24) is 14.3 Å². The highest BCUT2D eigenvalue weighted by Crippen LogP contribution is 2.20. The van der Waals surface area contributed by atoms with E-state index < -0.39 is 0 Å². The zero-order chi connectivity index (χ0) is 9.10. The molecule has 68 valence electrons. The van der Waals surface area contributed by atoms with Gasteiger partial charge in [0.05, 0.1) is 6.04 Å². The summed E-state index contributed by atoms with van der Waals surface area (Å²) >= 11 is 2.99. The number of thiazole rings is 1. The second-order valence-corrected chi connectivity index (χ2v) is 4.19. The van der Waals surface area contributed by atoms with Gasteiger partial charge in [-0.05, 0) is 6.92 Å². The van der Waals surface area contributed by atoms with Crippen LogP contribution < -0.4 is 5.32 Å². The van der Waals surface area contributed by atoms with Crippen molar-refractivity contribution < 1.29 is 0 Å². The SMILES string of the molecule is CC(Nc1ncns1)c1nccs1. The molecule has 0 aliphatic carbocycles. The van der Waals surface area contributed by atoms with Crippen LogP contribution in [-0.4, -0.2) is 14.3 Å². The van der Waals surface area contributed by atoms with Gasteiger partial charge in [0.2, 0.25) is 5.13 Å². The molecule has 6 heteroatoms. The first-order valence-electron chi connectivity index (χ1n) is 3.79. The van der Waals surface area contributed by atoms with Gasteiger partial charge in [-0.25, -0.2) is 9.97 Å². The van der Waals surface area contributed by atoms with Crippen LogP contribution in [0.25, 0.3) is 0 Å². The molecule has 1 N–H and O–H groups in total. The van der Waals surface area contributed by atoms with Crippen LogP contribution in [-0.2, 0) is 0 Å². The Labute approximate surface area is 83.8 Å². The van der Waals surface area contributed by atoms with Gasteiger partial charge in [0, 0.05) is 23.1 Å². The van der Waals surface area contributed by atoms with E-state index in [1.54, 1.807) is 23.9 Å². The monoisotopic (exact) mass is 212 g/mol. The first-order valence-corrected chi connectivity index (χ1v) is 5.44. The van der Waals surface area contributed by atoms with Crippen molar-refractivity contribution in [3.63, 3.8) is 0 Å². The summed E-state index contributed by atoms with van der Waals surface area (Å²) in [7, 11) is 0. The molecule has 2 rings (SSSR count). The van der Waals surface area contributed by atoms with Gasteiger partial charge in [-0.15, -0.1) is 11.3 Å². The molecule has 0 bridgehead atoms. The molecule has 0 aliphatic heterocycles. The zero-order valence-electron chi connectivity index (χ0n) is 6.97. The predicted molar refractivity (Wildman–Crippen MR) is 54.1 cm³/mol. The van der Waals surface area contributed by atoms with Crippen molar-refractivity contribution in [2.75, 3.05) is 5.32 Å². The largest absolute Gasteiger partial charge is 0.351 e. The molecule has 2 heterocycles. The molecule has 0 saturated heterocycles. The lowest BCUT2D eigenvalue weighted by Gasteiger charge is -2.07. The normalized spacial score (nSPS) is 12.7. The summed E-state index contributed by atoms with van der Waals surface area (Å²) in [6, 6.07) is 0.202. The zero-order valence-corrected chi connectivity index (χ0v) is 8.60. The van der Waals surface area contributed by atoms with E-state index in [0.717, 1.165) is 10.1 Å². The second-order valence-electron chi connectivity index (χ2n) is 2.48. The fourth-order valence-electron chi connectivity index (χ4n) is 0.932. The van der Waals surface area contributed by atoms with Crippen molar-refractivity contribution in [2.45, 2.75) is 13.0 Å². The highest BCUT2D eigenvalue weighted by molar-refractivity contribution is 7.10. The Bertz CT molecular complexity index is 342. The Balaban J connectivity index is 2.04. The predicted octanol–water partition coefficient (Wildman–Crippen LogP) is 2.17. The Kier molecular flexibility index (Phi) is 2.51.